The second-order valence-electron chi connectivity index (χ2n) is 8.04. The van der Waals surface area contributed by atoms with E-state index in [1.54, 1.807) is 12.1 Å². The Labute approximate surface area is 188 Å². The van der Waals surface area contributed by atoms with Crippen LogP contribution >= 0.6 is 11.6 Å². The van der Waals surface area contributed by atoms with Crippen molar-refractivity contribution in [2.24, 2.45) is 0 Å². The third-order valence-electron chi connectivity index (χ3n) is 5.73. The standard InChI is InChI=1S/C17H16ClNO.C7H8O3S/c1-19-9-14-12-4-2-3-5-16(12)20-17-7-6-11(18)8-13(17)15(14)10-19;1-6-2-4-7(5-3-6)11(8,9)10/h2-8,14-15H,9-10H2,1H3;2-5H,1H3,(H,8,9,10)/t14-,15-;/m0./s1. The molecule has 1 N–H and O–H groups in total. The molecule has 1 fully saturated rings. The Balaban J connectivity index is 0.000000180. The number of halogens is 1. The lowest BCUT2D eigenvalue weighted by Gasteiger charge is -2.17. The van der Waals surface area contributed by atoms with Gasteiger partial charge in [-0.2, -0.15) is 8.42 Å². The van der Waals surface area contributed by atoms with Gasteiger partial charge in [0.1, 0.15) is 11.5 Å². The SMILES string of the molecule is CN1C[C@H]2c3ccccc3Oc3ccc(Cl)cc3[C@@H]2C1.Cc1ccc(S(=O)(=O)O)cc1. The lowest BCUT2D eigenvalue weighted by atomic mass is 9.84. The molecule has 162 valence electrons. The van der Waals surface area contributed by atoms with Crippen molar-refractivity contribution in [2.45, 2.75) is 23.7 Å². The van der Waals surface area contributed by atoms with Gasteiger partial charge in [0, 0.05) is 35.5 Å². The van der Waals surface area contributed by atoms with Crippen LogP contribution in [0, 0.1) is 6.92 Å². The summed E-state index contributed by atoms with van der Waals surface area (Å²) in [5.74, 6) is 2.87. The van der Waals surface area contributed by atoms with Gasteiger partial charge in [0.25, 0.3) is 10.1 Å². The third kappa shape index (κ3) is 4.77. The molecule has 31 heavy (non-hydrogen) atoms. The number of rotatable bonds is 1. The Hall–Kier alpha value is -2.38. The van der Waals surface area contributed by atoms with Crippen LogP contribution < -0.4 is 4.74 Å². The molecular formula is C24H24ClNO4S. The van der Waals surface area contributed by atoms with Crippen LogP contribution in [0.25, 0.3) is 0 Å². The van der Waals surface area contributed by atoms with E-state index in [9.17, 15) is 8.42 Å². The Kier molecular flexibility index (Phi) is 6.08. The van der Waals surface area contributed by atoms with Gasteiger partial charge in [-0.15, -0.1) is 0 Å². The van der Waals surface area contributed by atoms with Gasteiger partial charge in [-0.05, 0) is 55.9 Å². The maximum absolute atomic E-state index is 10.5. The summed E-state index contributed by atoms with van der Waals surface area (Å²) in [7, 11) is -1.84. The number of aryl methyl sites for hydroxylation is 1. The van der Waals surface area contributed by atoms with Gasteiger partial charge < -0.3 is 9.64 Å². The molecule has 1 saturated heterocycles. The summed E-state index contributed by atoms with van der Waals surface area (Å²) in [5, 5.41) is 0.784. The van der Waals surface area contributed by atoms with Gasteiger partial charge in [-0.25, -0.2) is 0 Å². The topological polar surface area (TPSA) is 66.8 Å². The molecule has 2 heterocycles. The van der Waals surface area contributed by atoms with E-state index in [0.717, 1.165) is 35.2 Å². The van der Waals surface area contributed by atoms with Crippen molar-refractivity contribution in [1.29, 1.82) is 0 Å². The van der Waals surface area contributed by atoms with Gasteiger partial charge in [0.15, 0.2) is 0 Å². The van der Waals surface area contributed by atoms with E-state index in [4.69, 9.17) is 20.9 Å². The van der Waals surface area contributed by atoms with Crippen molar-refractivity contribution < 1.29 is 17.7 Å². The van der Waals surface area contributed by atoms with Crippen molar-refractivity contribution in [3.8, 4) is 11.5 Å². The molecule has 5 nitrogen and oxygen atoms in total. The van der Waals surface area contributed by atoms with Crippen LogP contribution in [-0.4, -0.2) is 38.0 Å². The molecule has 0 unspecified atom stereocenters. The highest BCUT2D eigenvalue weighted by Crippen LogP contribution is 2.49. The largest absolute Gasteiger partial charge is 0.457 e. The van der Waals surface area contributed by atoms with Crippen molar-refractivity contribution >= 4 is 21.7 Å². The number of ether oxygens (including phenoxy) is 1. The monoisotopic (exact) mass is 457 g/mol. The number of benzene rings is 3. The molecule has 3 aromatic carbocycles. The predicted molar refractivity (Wildman–Crippen MR) is 122 cm³/mol. The summed E-state index contributed by atoms with van der Waals surface area (Å²) in [6.45, 7) is 3.96. The van der Waals surface area contributed by atoms with Crippen LogP contribution in [0.4, 0.5) is 0 Å². The summed E-state index contributed by atoms with van der Waals surface area (Å²) in [4.78, 5) is 2.32. The van der Waals surface area contributed by atoms with Gasteiger partial charge >= 0.3 is 0 Å². The quantitative estimate of drug-likeness (QED) is 0.488. The smallest absolute Gasteiger partial charge is 0.294 e. The first-order valence-electron chi connectivity index (χ1n) is 10.0. The molecule has 0 spiro atoms. The van der Waals surface area contributed by atoms with Crippen LogP contribution in [0.2, 0.25) is 5.02 Å². The second kappa shape index (κ2) is 8.63. The highest BCUT2D eigenvalue weighted by molar-refractivity contribution is 7.85. The Morgan fingerprint density at radius 2 is 1.55 bits per heavy atom. The van der Waals surface area contributed by atoms with E-state index in [1.807, 2.05) is 25.1 Å². The number of hydrogen-bond donors (Lipinski definition) is 1. The Morgan fingerprint density at radius 1 is 0.935 bits per heavy atom. The van der Waals surface area contributed by atoms with Gasteiger partial charge in [0.2, 0.25) is 0 Å². The Bertz CT molecular complexity index is 1190. The lowest BCUT2D eigenvalue weighted by molar-refractivity contribution is 0.401. The molecule has 0 radical (unpaired) electrons. The zero-order chi connectivity index (χ0) is 22.2. The third-order valence-corrected chi connectivity index (χ3v) is 6.83. The van der Waals surface area contributed by atoms with Crippen molar-refractivity contribution in [3.63, 3.8) is 0 Å². The van der Waals surface area contributed by atoms with Crippen molar-refractivity contribution in [1.82, 2.24) is 4.90 Å². The van der Waals surface area contributed by atoms with E-state index in [1.165, 1.54) is 23.3 Å². The van der Waals surface area contributed by atoms with Crippen LogP contribution in [0.1, 0.15) is 28.5 Å². The molecule has 3 aromatic rings. The average Bonchev–Trinajstić information content (AvgIpc) is 3.06. The zero-order valence-electron chi connectivity index (χ0n) is 17.3. The van der Waals surface area contributed by atoms with E-state index in [-0.39, 0.29) is 4.90 Å². The summed E-state index contributed by atoms with van der Waals surface area (Å²) in [6, 6.07) is 20.3. The molecule has 2 aliphatic rings. The maximum Gasteiger partial charge on any atom is 0.294 e. The van der Waals surface area contributed by atoms with Gasteiger partial charge in [-0.3, -0.25) is 4.55 Å². The maximum atomic E-state index is 10.5. The number of fused-ring (bicyclic) bond motifs is 5. The van der Waals surface area contributed by atoms with E-state index in [2.05, 4.69) is 36.2 Å². The van der Waals surface area contributed by atoms with E-state index in [0.29, 0.717) is 11.8 Å². The number of para-hydroxylation sites is 1. The first-order chi connectivity index (χ1) is 14.7. The zero-order valence-corrected chi connectivity index (χ0v) is 18.9. The highest BCUT2D eigenvalue weighted by atomic mass is 35.5. The summed E-state index contributed by atoms with van der Waals surface area (Å²) in [6.07, 6.45) is 0. The Morgan fingerprint density at radius 3 is 2.23 bits per heavy atom. The number of nitrogens with zero attached hydrogens (tertiary/aromatic N) is 1. The molecule has 5 rings (SSSR count). The highest BCUT2D eigenvalue weighted by Gasteiger charge is 2.38. The van der Waals surface area contributed by atoms with Crippen LogP contribution in [-0.2, 0) is 10.1 Å². The molecular weight excluding hydrogens is 434 g/mol. The minimum absolute atomic E-state index is 0.0666. The van der Waals surface area contributed by atoms with E-state index >= 15 is 0 Å². The molecule has 0 aliphatic carbocycles. The predicted octanol–water partition coefficient (Wildman–Crippen LogP) is 5.50. The van der Waals surface area contributed by atoms with Gasteiger partial charge in [0.05, 0.1) is 4.90 Å². The molecule has 0 amide bonds. The molecule has 2 aliphatic heterocycles. The number of likely N-dealkylation sites (tertiary alicyclic amines) is 1. The van der Waals surface area contributed by atoms with Gasteiger partial charge in [-0.1, -0.05) is 47.5 Å². The van der Waals surface area contributed by atoms with Crippen molar-refractivity contribution in [3.05, 3.63) is 88.4 Å². The van der Waals surface area contributed by atoms with Crippen LogP contribution in [0.15, 0.2) is 71.6 Å². The summed E-state index contributed by atoms with van der Waals surface area (Å²) in [5.41, 5.74) is 3.51. The van der Waals surface area contributed by atoms with Crippen LogP contribution in [0.5, 0.6) is 11.5 Å². The average molecular weight is 458 g/mol. The lowest BCUT2D eigenvalue weighted by Crippen LogP contribution is -2.14. The minimum atomic E-state index is -4.02. The minimum Gasteiger partial charge on any atom is -0.457 e. The van der Waals surface area contributed by atoms with Crippen LogP contribution in [0.3, 0.4) is 0 Å². The summed E-state index contributed by atoms with van der Waals surface area (Å²) >= 11 is 6.20. The summed E-state index contributed by atoms with van der Waals surface area (Å²) < 4.78 is 35.7. The van der Waals surface area contributed by atoms with Crippen molar-refractivity contribution in [2.75, 3.05) is 20.1 Å². The molecule has 0 bridgehead atoms. The fourth-order valence-corrected chi connectivity index (χ4v) is 4.90. The molecule has 0 saturated carbocycles. The first-order valence-corrected chi connectivity index (χ1v) is 11.8. The first kappa shape index (κ1) is 21.8. The fourth-order valence-electron chi connectivity index (χ4n) is 4.24. The number of hydrogen-bond acceptors (Lipinski definition) is 4. The fraction of sp³-hybridized carbons (Fsp3) is 0.250. The molecule has 0 aromatic heterocycles. The second-order valence-corrected chi connectivity index (χ2v) is 9.90. The normalized spacial score (nSPS) is 19.7. The molecule has 2 atom stereocenters. The number of likely N-dealkylation sites (N-methyl/N-ethyl adjacent to an activating group) is 1. The molecule has 7 heteroatoms. The van der Waals surface area contributed by atoms with E-state index < -0.39 is 10.1 Å².